The first kappa shape index (κ1) is 23.3. The molecule has 0 aliphatic heterocycles. The number of ether oxygens (including phenoxy) is 1. The van der Waals surface area contributed by atoms with Crippen LogP contribution in [0.25, 0.3) is 5.65 Å². The Morgan fingerprint density at radius 1 is 1.23 bits per heavy atom. The maximum absolute atomic E-state index is 13.0. The first-order valence-electron chi connectivity index (χ1n) is 8.55. The fourth-order valence-corrected chi connectivity index (χ4v) is 4.21. The molecule has 2 heterocycles. The number of rotatable bonds is 6. The van der Waals surface area contributed by atoms with Crippen LogP contribution in [0.2, 0.25) is 10.0 Å². The van der Waals surface area contributed by atoms with Gasteiger partial charge in [-0.25, -0.2) is 13.4 Å². The Hall–Kier alpha value is -2.34. The molecule has 3 rings (SSSR count). The zero-order chi connectivity index (χ0) is 23.0. The van der Waals surface area contributed by atoms with Gasteiger partial charge in [-0.3, -0.25) is 4.79 Å². The number of hydrogen-bond acceptors (Lipinski definition) is 5. The van der Waals surface area contributed by atoms with Crippen molar-refractivity contribution < 1.29 is 31.1 Å². The van der Waals surface area contributed by atoms with Crippen LogP contribution in [0.5, 0.6) is 0 Å². The summed E-state index contributed by atoms with van der Waals surface area (Å²) in [6.07, 6.45) is -1.66. The number of halogens is 5. The van der Waals surface area contributed by atoms with Gasteiger partial charge in [-0.1, -0.05) is 23.2 Å². The standard InChI is InChI=1S/C18H14Cl2F3N3O4S/c1-10(17(27)30-9-12-8-26-7-11(19)2-5-16(26)24-12)25-31(28,29)13-3-4-15(20)14(6-13)18(21,22)23/h2-8,10,25H,9H2,1H3/t10-/m1/s1. The van der Waals surface area contributed by atoms with E-state index in [0.29, 0.717) is 22.4 Å². The Morgan fingerprint density at radius 2 is 1.94 bits per heavy atom. The van der Waals surface area contributed by atoms with Crippen LogP contribution in [0.1, 0.15) is 18.2 Å². The minimum atomic E-state index is -4.84. The molecular weight excluding hydrogens is 482 g/mol. The fraction of sp³-hybridized carbons (Fsp3) is 0.222. The second kappa shape index (κ2) is 8.65. The van der Waals surface area contributed by atoms with Gasteiger partial charge in [0.2, 0.25) is 10.0 Å². The predicted octanol–water partition coefficient (Wildman–Crippen LogP) is 4.07. The maximum atomic E-state index is 13.0. The van der Waals surface area contributed by atoms with Gasteiger partial charge in [0.25, 0.3) is 0 Å². The van der Waals surface area contributed by atoms with Gasteiger partial charge in [-0.15, -0.1) is 0 Å². The molecule has 1 N–H and O–H groups in total. The van der Waals surface area contributed by atoms with Crippen molar-refractivity contribution in [3.8, 4) is 0 Å². The van der Waals surface area contributed by atoms with E-state index in [0.717, 1.165) is 12.1 Å². The highest BCUT2D eigenvalue weighted by atomic mass is 35.5. The summed E-state index contributed by atoms with van der Waals surface area (Å²) in [7, 11) is -4.46. The number of hydrogen-bond donors (Lipinski definition) is 1. The summed E-state index contributed by atoms with van der Waals surface area (Å²) >= 11 is 11.4. The zero-order valence-electron chi connectivity index (χ0n) is 15.7. The van der Waals surface area contributed by atoms with Gasteiger partial charge >= 0.3 is 12.1 Å². The van der Waals surface area contributed by atoms with Crippen LogP contribution >= 0.6 is 23.2 Å². The van der Waals surface area contributed by atoms with Crippen LogP contribution in [0.15, 0.2) is 47.6 Å². The van der Waals surface area contributed by atoms with E-state index < -0.39 is 43.7 Å². The van der Waals surface area contributed by atoms with Gasteiger partial charge in [0, 0.05) is 12.4 Å². The number of nitrogens with zero attached hydrogens (tertiary/aromatic N) is 2. The summed E-state index contributed by atoms with van der Waals surface area (Å²) in [6.45, 7) is 0.952. The molecule has 166 valence electrons. The molecule has 1 aromatic carbocycles. The van der Waals surface area contributed by atoms with Crippen molar-refractivity contribution in [1.82, 2.24) is 14.1 Å². The minimum absolute atomic E-state index is 0.247. The van der Waals surface area contributed by atoms with E-state index in [2.05, 4.69) is 4.98 Å². The van der Waals surface area contributed by atoms with Gasteiger partial charge < -0.3 is 9.14 Å². The van der Waals surface area contributed by atoms with Gasteiger partial charge in [0.1, 0.15) is 18.3 Å². The van der Waals surface area contributed by atoms with Crippen molar-refractivity contribution in [2.75, 3.05) is 0 Å². The molecule has 0 fully saturated rings. The van der Waals surface area contributed by atoms with Gasteiger partial charge in [-0.05, 0) is 37.3 Å². The quantitative estimate of drug-likeness (QED) is 0.520. The summed E-state index contributed by atoms with van der Waals surface area (Å²) in [6, 6.07) is 4.03. The molecule has 0 unspecified atom stereocenters. The predicted molar refractivity (Wildman–Crippen MR) is 106 cm³/mol. The Labute approximate surface area is 184 Å². The number of pyridine rings is 1. The number of benzene rings is 1. The Morgan fingerprint density at radius 3 is 2.61 bits per heavy atom. The van der Waals surface area contributed by atoms with Crippen LogP contribution in [0, 0.1) is 0 Å². The second-order valence-corrected chi connectivity index (χ2v) is 8.99. The molecule has 31 heavy (non-hydrogen) atoms. The summed E-state index contributed by atoms with van der Waals surface area (Å²) in [5, 5.41) is -0.167. The second-order valence-electron chi connectivity index (χ2n) is 6.44. The zero-order valence-corrected chi connectivity index (χ0v) is 18.0. The highest BCUT2D eigenvalue weighted by Gasteiger charge is 2.35. The molecule has 0 radical (unpaired) electrons. The van der Waals surface area contributed by atoms with Crippen LogP contribution in [0.4, 0.5) is 13.2 Å². The molecule has 0 aliphatic rings. The lowest BCUT2D eigenvalue weighted by atomic mass is 10.2. The van der Waals surface area contributed by atoms with Crippen LogP contribution in [0.3, 0.4) is 0 Å². The number of fused-ring (bicyclic) bond motifs is 1. The van der Waals surface area contributed by atoms with E-state index in [-0.39, 0.29) is 6.61 Å². The number of aromatic nitrogens is 2. The topological polar surface area (TPSA) is 89.8 Å². The first-order valence-corrected chi connectivity index (χ1v) is 10.8. The van der Waals surface area contributed by atoms with Crippen molar-refractivity contribution in [1.29, 1.82) is 0 Å². The third-order valence-electron chi connectivity index (χ3n) is 4.07. The van der Waals surface area contributed by atoms with Crippen molar-refractivity contribution in [2.24, 2.45) is 0 Å². The molecular formula is C18H14Cl2F3N3O4S. The third kappa shape index (κ3) is 5.48. The molecule has 13 heteroatoms. The lowest BCUT2D eigenvalue weighted by Crippen LogP contribution is -2.39. The monoisotopic (exact) mass is 495 g/mol. The number of esters is 1. The van der Waals surface area contributed by atoms with Crippen molar-refractivity contribution >= 4 is 44.8 Å². The average molecular weight is 496 g/mol. The van der Waals surface area contributed by atoms with Gasteiger partial charge in [0.15, 0.2) is 0 Å². The highest BCUT2D eigenvalue weighted by Crippen LogP contribution is 2.35. The highest BCUT2D eigenvalue weighted by molar-refractivity contribution is 7.89. The molecule has 0 saturated heterocycles. The molecule has 0 spiro atoms. The van der Waals surface area contributed by atoms with Gasteiger partial charge in [-0.2, -0.15) is 17.9 Å². The van der Waals surface area contributed by atoms with Gasteiger partial charge in [0.05, 0.1) is 26.2 Å². The van der Waals surface area contributed by atoms with Crippen LogP contribution < -0.4 is 4.72 Å². The minimum Gasteiger partial charge on any atom is -0.458 e. The van der Waals surface area contributed by atoms with Crippen molar-refractivity contribution in [3.05, 3.63) is 64.0 Å². The SMILES string of the molecule is C[C@@H](NS(=O)(=O)c1ccc(Cl)c(C(F)(F)F)c1)C(=O)OCc1cn2cc(Cl)ccc2n1. The molecule has 2 aromatic heterocycles. The summed E-state index contributed by atoms with van der Waals surface area (Å²) in [5.74, 6) is -0.941. The molecule has 0 bridgehead atoms. The average Bonchev–Trinajstić information content (AvgIpc) is 3.06. The normalized spacial score (nSPS) is 13.4. The largest absolute Gasteiger partial charge is 0.458 e. The lowest BCUT2D eigenvalue weighted by Gasteiger charge is -2.15. The van der Waals surface area contributed by atoms with E-state index in [1.165, 1.54) is 6.92 Å². The van der Waals surface area contributed by atoms with Crippen LogP contribution in [-0.4, -0.2) is 29.8 Å². The molecule has 1 atom stereocenters. The number of carbonyl (C=O) groups is 1. The smallest absolute Gasteiger partial charge is 0.417 e. The van der Waals surface area contributed by atoms with E-state index in [4.69, 9.17) is 27.9 Å². The third-order valence-corrected chi connectivity index (χ3v) is 6.16. The van der Waals surface area contributed by atoms with E-state index >= 15 is 0 Å². The van der Waals surface area contributed by atoms with Crippen molar-refractivity contribution in [3.63, 3.8) is 0 Å². The van der Waals surface area contributed by atoms with E-state index in [1.807, 2.05) is 4.72 Å². The number of imidazole rings is 1. The number of carbonyl (C=O) groups excluding carboxylic acids is 1. The maximum Gasteiger partial charge on any atom is 0.417 e. The van der Waals surface area contributed by atoms with Crippen molar-refractivity contribution in [2.45, 2.75) is 30.6 Å². The Bertz CT molecular complexity index is 1250. The molecule has 7 nitrogen and oxygen atoms in total. The fourth-order valence-electron chi connectivity index (χ4n) is 2.59. The summed E-state index contributed by atoms with van der Waals surface area (Å²) in [4.78, 5) is 15.7. The lowest BCUT2D eigenvalue weighted by molar-refractivity contribution is -0.146. The van der Waals surface area contributed by atoms with Crippen LogP contribution in [-0.2, 0) is 32.3 Å². The molecule has 3 aromatic rings. The Balaban J connectivity index is 1.68. The molecule has 0 aliphatic carbocycles. The molecule has 0 saturated carbocycles. The number of sulfonamides is 1. The summed E-state index contributed by atoms with van der Waals surface area (Å²) < 4.78 is 72.4. The summed E-state index contributed by atoms with van der Waals surface area (Å²) in [5.41, 5.74) is -0.357. The van der Waals surface area contributed by atoms with E-state index in [9.17, 15) is 26.4 Å². The first-order chi connectivity index (χ1) is 14.4. The van der Waals surface area contributed by atoms with E-state index in [1.54, 1.807) is 28.9 Å². The molecule has 0 amide bonds. The number of nitrogens with one attached hydrogen (secondary N) is 1. The Kier molecular flexibility index (Phi) is 6.51. The number of alkyl halides is 3.